The normalized spacial score (nSPS) is 17.5. The molecule has 32 heavy (non-hydrogen) atoms. The number of aliphatic hydroxyl groups is 1. The summed E-state index contributed by atoms with van der Waals surface area (Å²) < 4.78 is 21.5. The zero-order valence-electron chi connectivity index (χ0n) is 17.7. The lowest BCUT2D eigenvalue weighted by atomic mass is 9.98. The van der Waals surface area contributed by atoms with Crippen LogP contribution in [-0.4, -0.2) is 38.1 Å². The Hall–Kier alpha value is -4.20. The minimum absolute atomic E-state index is 0.126. The third kappa shape index (κ3) is 3.35. The van der Waals surface area contributed by atoms with E-state index in [1.54, 1.807) is 54.6 Å². The molecule has 0 aliphatic carbocycles. The van der Waals surface area contributed by atoms with Crippen LogP contribution >= 0.6 is 0 Å². The van der Waals surface area contributed by atoms with Gasteiger partial charge in [0.2, 0.25) is 0 Å². The summed E-state index contributed by atoms with van der Waals surface area (Å²) in [5.74, 6) is -0.560. The van der Waals surface area contributed by atoms with E-state index in [1.807, 2.05) is 0 Å². The van der Waals surface area contributed by atoms with Gasteiger partial charge in [-0.1, -0.05) is 12.1 Å². The van der Waals surface area contributed by atoms with Crippen LogP contribution in [0.25, 0.3) is 5.76 Å². The summed E-state index contributed by atoms with van der Waals surface area (Å²) in [5.41, 5.74) is 0.487. The molecule has 0 saturated carbocycles. The minimum atomic E-state index is -1.01. The zero-order chi connectivity index (χ0) is 22.8. The summed E-state index contributed by atoms with van der Waals surface area (Å²) in [6.45, 7) is 0. The third-order valence-corrected chi connectivity index (χ3v) is 5.27. The van der Waals surface area contributed by atoms with Crippen molar-refractivity contribution in [3.8, 4) is 17.2 Å². The van der Waals surface area contributed by atoms with Crippen molar-refractivity contribution < 1.29 is 33.3 Å². The number of amides is 1. The first-order valence-corrected chi connectivity index (χ1v) is 9.71. The lowest BCUT2D eigenvalue weighted by Gasteiger charge is -2.25. The van der Waals surface area contributed by atoms with Crippen LogP contribution in [0, 0.1) is 0 Å². The molecule has 0 radical (unpaired) electrons. The summed E-state index contributed by atoms with van der Waals surface area (Å²) in [4.78, 5) is 27.6. The van der Waals surface area contributed by atoms with Gasteiger partial charge >= 0.3 is 0 Å². The van der Waals surface area contributed by atoms with Crippen molar-refractivity contribution in [3.63, 3.8) is 0 Å². The van der Waals surface area contributed by atoms with Gasteiger partial charge in [-0.2, -0.15) is 0 Å². The van der Waals surface area contributed by atoms with Crippen LogP contribution in [0.4, 0.5) is 5.69 Å². The molecule has 1 saturated heterocycles. The number of para-hydroxylation sites is 2. The molecule has 1 aromatic heterocycles. The number of ketones is 1. The standard InChI is InChI=1S/C24H21NO7/c1-29-14-10-11-15(19(13-14)31-3)22(26)20-21(18-9-6-12-32-18)25(24(28)23(20)27)16-7-4-5-8-17(16)30-2/h4-13,21,26H,1-3H3/b22-20-. The predicted octanol–water partition coefficient (Wildman–Crippen LogP) is 3.93. The fraction of sp³-hybridized carbons (Fsp3) is 0.167. The highest BCUT2D eigenvalue weighted by atomic mass is 16.5. The van der Waals surface area contributed by atoms with E-state index in [0.717, 1.165) is 0 Å². The molecule has 164 valence electrons. The van der Waals surface area contributed by atoms with Gasteiger partial charge in [0.25, 0.3) is 11.7 Å². The fourth-order valence-corrected chi connectivity index (χ4v) is 3.77. The van der Waals surface area contributed by atoms with Gasteiger partial charge in [-0.25, -0.2) is 0 Å². The van der Waals surface area contributed by atoms with Gasteiger partial charge < -0.3 is 23.7 Å². The van der Waals surface area contributed by atoms with Crippen molar-refractivity contribution in [1.29, 1.82) is 0 Å². The van der Waals surface area contributed by atoms with Gasteiger partial charge in [0.1, 0.15) is 34.8 Å². The molecular weight excluding hydrogens is 414 g/mol. The van der Waals surface area contributed by atoms with Gasteiger partial charge in [0.05, 0.1) is 44.4 Å². The van der Waals surface area contributed by atoms with Crippen molar-refractivity contribution in [2.24, 2.45) is 0 Å². The summed E-state index contributed by atoms with van der Waals surface area (Å²) >= 11 is 0. The van der Waals surface area contributed by atoms with Gasteiger partial charge in [-0.3, -0.25) is 14.5 Å². The van der Waals surface area contributed by atoms with Crippen molar-refractivity contribution in [1.82, 2.24) is 0 Å². The lowest BCUT2D eigenvalue weighted by Crippen LogP contribution is -2.29. The molecule has 1 N–H and O–H groups in total. The molecule has 0 spiro atoms. The number of nitrogens with zero attached hydrogens (tertiary/aromatic N) is 1. The van der Waals surface area contributed by atoms with Gasteiger partial charge in [0.15, 0.2) is 0 Å². The molecule has 1 aliphatic rings. The molecule has 1 aliphatic heterocycles. The van der Waals surface area contributed by atoms with Gasteiger partial charge in [-0.15, -0.1) is 0 Å². The zero-order valence-corrected chi connectivity index (χ0v) is 17.7. The second kappa shape index (κ2) is 8.50. The summed E-state index contributed by atoms with van der Waals surface area (Å²) in [6.07, 6.45) is 1.44. The highest BCUT2D eigenvalue weighted by Gasteiger charge is 2.49. The minimum Gasteiger partial charge on any atom is -0.507 e. The number of carbonyl (C=O) groups excluding carboxylic acids is 2. The quantitative estimate of drug-likeness (QED) is 0.356. The maximum atomic E-state index is 13.2. The molecule has 8 nitrogen and oxygen atoms in total. The number of Topliss-reactive ketones (excluding diaryl/α,β-unsaturated/α-hetero) is 1. The lowest BCUT2D eigenvalue weighted by molar-refractivity contribution is -0.132. The molecule has 2 aromatic carbocycles. The number of hydrogen-bond acceptors (Lipinski definition) is 7. The van der Waals surface area contributed by atoms with Crippen LogP contribution in [0.3, 0.4) is 0 Å². The number of methoxy groups -OCH3 is 3. The number of furan rings is 1. The highest BCUT2D eigenvalue weighted by molar-refractivity contribution is 6.51. The fourth-order valence-electron chi connectivity index (χ4n) is 3.77. The molecule has 3 aromatic rings. The predicted molar refractivity (Wildman–Crippen MR) is 116 cm³/mol. The van der Waals surface area contributed by atoms with Crippen molar-refractivity contribution in [2.75, 3.05) is 26.2 Å². The van der Waals surface area contributed by atoms with Crippen LogP contribution < -0.4 is 19.1 Å². The van der Waals surface area contributed by atoms with Crippen LogP contribution in [-0.2, 0) is 9.59 Å². The Kier molecular flexibility index (Phi) is 5.59. The van der Waals surface area contributed by atoms with E-state index >= 15 is 0 Å². The number of aliphatic hydroxyl groups excluding tert-OH is 1. The first-order valence-electron chi connectivity index (χ1n) is 9.71. The Balaban J connectivity index is 1.96. The maximum Gasteiger partial charge on any atom is 0.300 e. The van der Waals surface area contributed by atoms with Crippen LogP contribution in [0.1, 0.15) is 17.4 Å². The number of anilines is 1. The summed E-state index contributed by atoms with van der Waals surface area (Å²) in [7, 11) is 4.41. The van der Waals surface area contributed by atoms with Crippen molar-refractivity contribution in [3.05, 3.63) is 77.8 Å². The number of rotatable bonds is 6. The SMILES string of the molecule is COc1ccc(/C(O)=C2/C(=O)C(=O)N(c3ccccc3OC)C2c2ccco2)c(OC)c1. The summed E-state index contributed by atoms with van der Waals surface area (Å²) in [6, 6.07) is 13.8. The van der Waals surface area contributed by atoms with E-state index in [-0.39, 0.29) is 22.6 Å². The number of ether oxygens (including phenoxy) is 3. The van der Waals surface area contributed by atoms with Crippen LogP contribution in [0.2, 0.25) is 0 Å². The number of carbonyl (C=O) groups is 2. The Morgan fingerprint density at radius 1 is 0.938 bits per heavy atom. The monoisotopic (exact) mass is 435 g/mol. The molecule has 1 unspecified atom stereocenters. The molecule has 1 atom stereocenters. The average molecular weight is 435 g/mol. The molecular formula is C24H21NO7. The largest absolute Gasteiger partial charge is 0.507 e. The first kappa shape index (κ1) is 21.0. The van der Waals surface area contributed by atoms with E-state index in [0.29, 0.717) is 22.9 Å². The van der Waals surface area contributed by atoms with Crippen LogP contribution in [0.15, 0.2) is 70.9 Å². The summed E-state index contributed by atoms with van der Waals surface area (Å²) in [5, 5.41) is 11.2. The average Bonchev–Trinajstić information content (AvgIpc) is 3.45. The second-order valence-electron chi connectivity index (χ2n) is 6.92. The highest BCUT2D eigenvalue weighted by Crippen LogP contribution is 2.45. The van der Waals surface area contributed by atoms with Gasteiger partial charge in [-0.05, 0) is 36.4 Å². The van der Waals surface area contributed by atoms with E-state index in [4.69, 9.17) is 18.6 Å². The molecule has 2 heterocycles. The Morgan fingerprint density at radius 3 is 2.34 bits per heavy atom. The van der Waals surface area contributed by atoms with Crippen LogP contribution in [0.5, 0.6) is 17.2 Å². The Morgan fingerprint density at radius 2 is 1.69 bits per heavy atom. The van der Waals surface area contributed by atoms with Gasteiger partial charge in [0, 0.05) is 6.07 Å². The molecule has 1 fully saturated rings. The molecule has 0 bridgehead atoms. The smallest absolute Gasteiger partial charge is 0.300 e. The van der Waals surface area contributed by atoms with Crippen molar-refractivity contribution >= 4 is 23.1 Å². The van der Waals surface area contributed by atoms with E-state index < -0.39 is 17.7 Å². The van der Waals surface area contributed by atoms with Crippen molar-refractivity contribution in [2.45, 2.75) is 6.04 Å². The molecule has 1 amide bonds. The third-order valence-electron chi connectivity index (χ3n) is 5.27. The first-order chi connectivity index (χ1) is 15.5. The Bertz CT molecular complexity index is 1200. The van der Waals surface area contributed by atoms with E-state index in [9.17, 15) is 14.7 Å². The number of benzene rings is 2. The molecule has 4 rings (SSSR count). The Labute approximate surface area is 184 Å². The molecule has 8 heteroatoms. The maximum absolute atomic E-state index is 13.2. The number of hydrogen-bond donors (Lipinski definition) is 1. The van der Waals surface area contributed by atoms with E-state index in [2.05, 4.69) is 0 Å². The second-order valence-corrected chi connectivity index (χ2v) is 6.92. The van der Waals surface area contributed by atoms with E-state index in [1.165, 1.54) is 32.5 Å². The topological polar surface area (TPSA) is 98.4 Å².